The second-order valence-electron chi connectivity index (χ2n) is 2.89. The lowest BCUT2D eigenvalue weighted by Gasteiger charge is -2.05. The van der Waals surface area contributed by atoms with Crippen molar-refractivity contribution in [1.82, 2.24) is 4.98 Å². The molecule has 0 amide bonds. The van der Waals surface area contributed by atoms with Gasteiger partial charge in [0, 0.05) is 12.6 Å². The molecule has 1 aromatic rings. The third-order valence-electron chi connectivity index (χ3n) is 1.77. The summed E-state index contributed by atoms with van der Waals surface area (Å²) >= 11 is 1.54. The number of nitrogens with zero attached hydrogens (tertiary/aromatic N) is 1. The molecule has 0 fully saturated rings. The fraction of sp³-hybridized carbons (Fsp3) is 0.500. The van der Waals surface area contributed by atoms with E-state index in [1.165, 1.54) is 0 Å². The Balaban J connectivity index is 2.40. The predicted octanol–water partition coefficient (Wildman–Crippen LogP) is 2.29. The highest BCUT2D eigenvalue weighted by molar-refractivity contribution is 7.11. The van der Waals surface area contributed by atoms with Gasteiger partial charge in [0.2, 0.25) is 0 Å². The molecule has 2 nitrogen and oxygen atoms in total. The van der Waals surface area contributed by atoms with Crippen LogP contribution in [0.2, 0.25) is 0 Å². The van der Waals surface area contributed by atoms with Crippen LogP contribution >= 0.6 is 11.3 Å². The van der Waals surface area contributed by atoms with Gasteiger partial charge in [-0.2, -0.15) is 0 Å². The van der Waals surface area contributed by atoms with E-state index >= 15 is 0 Å². The van der Waals surface area contributed by atoms with E-state index in [9.17, 15) is 5.11 Å². The lowest BCUT2D eigenvalue weighted by Crippen LogP contribution is -1.93. The molecule has 1 rings (SSSR count). The van der Waals surface area contributed by atoms with Crippen LogP contribution in [0, 0.1) is 19.3 Å². The molecule has 1 atom stereocenters. The standard InChI is InChI=1S/C10H13NOS/c1-3-4-5-6-9(12)10-7-11-8(2)13-10/h1,7,9,12H,4-6H2,2H3. The largest absolute Gasteiger partial charge is 0.388 e. The normalized spacial score (nSPS) is 12.4. The van der Waals surface area contributed by atoms with Gasteiger partial charge in [-0.25, -0.2) is 4.98 Å². The lowest BCUT2D eigenvalue weighted by molar-refractivity contribution is 0.168. The molecule has 0 aliphatic heterocycles. The van der Waals surface area contributed by atoms with Crippen LogP contribution in [0.15, 0.2) is 6.20 Å². The van der Waals surface area contributed by atoms with Gasteiger partial charge < -0.3 is 5.11 Å². The number of thiazole rings is 1. The molecule has 1 unspecified atom stereocenters. The lowest BCUT2D eigenvalue weighted by atomic mass is 10.1. The minimum absolute atomic E-state index is 0.389. The van der Waals surface area contributed by atoms with E-state index in [4.69, 9.17) is 6.42 Å². The van der Waals surface area contributed by atoms with Crippen LogP contribution in [-0.4, -0.2) is 10.1 Å². The van der Waals surface area contributed by atoms with Crippen molar-refractivity contribution in [3.8, 4) is 12.3 Å². The SMILES string of the molecule is C#CCCCC(O)c1cnc(C)s1. The third kappa shape index (κ3) is 3.17. The quantitative estimate of drug-likeness (QED) is 0.590. The van der Waals surface area contributed by atoms with Crippen molar-refractivity contribution < 1.29 is 5.11 Å². The van der Waals surface area contributed by atoms with Gasteiger partial charge in [0.25, 0.3) is 0 Å². The van der Waals surface area contributed by atoms with Gasteiger partial charge in [-0.15, -0.1) is 23.7 Å². The Morgan fingerprint density at radius 1 is 1.77 bits per heavy atom. The summed E-state index contributed by atoms with van der Waals surface area (Å²) in [7, 11) is 0. The van der Waals surface area contributed by atoms with Gasteiger partial charge in [0.05, 0.1) is 16.0 Å². The molecule has 0 aliphatic carbocycles. The van der Waals surface area contributed by atoms with Crippen LogP contribution in [0.5, 0.6) is 0 Å². The molecule has 1 N–H and O–H groups in total. The van der Waals surface area contributed by atoms with Gasteiger partial charge in [0.15, 0.2) is 0 Å². The maximum atomic E-state index is 9.66. The van der Waals surface area contributed by atoms with E-state index in [0.29, 0.717) is 0 Å². The molecule has 0 radical (unpaired) electrons. The Morgan fingerprint density at radius 2 is 2.54 bits per heavy atom. The smallest absolute Gasteiger partial charge is 0.0898 e. The highest BCUT2D eigenvalue weighted by atomic mass is 32.1. The van der Waals surface area contributed by atoms with Crippen LogP contribution in [-0.2, 0) is 0 Å². The summed E-state index contributed by atoms with van der Waals surface area (Å²) in [5, 5.41) is 10.7. The first-order valence-electron chi connectivity index (χ1n) is 4.28. The Morgan fingerprint density at radius 3 is 3.08 bits per heavy atom. The zero-order chi connectivity index (χ0) is 9.68. The maximum Gasteiger partial charge on any atom is 0.0898 e. The number of aliphatic hydroxyl groups is 1. The number of rotatable bonds is 4. The van der Waals surface area contributed by atoms with Crippen molar-refractivity contribution in [3.05, 3.63) is 16.1 Å². The van der Waals surface area contributed by atoms with Crippen LogP contribution < -0.4 is 0 Å². The second-order valence-corrected chi connectivity index (χ2v) is 4.16. The molecule has 0 saturated carbocycles. The number of terminal acetylenes is 1. The monoisotopic (exact) mass is 195 g/mol. The van der Waals surface area contributed by atoms with Crippen LogP contribution in [0.1, 0.15) is 35.3 Å². The summed E-state index contributed by atoms with van der Waals surface area (Å²) in [6, 6.07) is 0. The van der Waals surface area contributed by atoms with Crippen molar-refractivity contribution in [2.24, 2.45) is 0 Å². The van der Waals surface area contributed by atoms with Crippen LogP contribution in [0.4, 0.5) is 0 Å². The van der Waals surface area contributed by atoms with Gasteiger partial charge in [-0.05, 0) is 19.8 Å². The Labute approximate surface area is 82.6 Å². The first-order valence-corrected chi connectivity index (χ1v) is 5.09. The Hall–Kier alpha value is -0.850. The van der Waals surface area contributed by atoms with Crippen molar-refractivity contribution >= 4 is 11.3 Å². The topological polar surface area (TPSA) is 33.1 Å². The van der Waals surface area contributed by atoms with Gasteiger partial charge in [-0.3, -0.25) is 0 Å². The summed E-state index contributed by atoms with van der Waals surface area (Å²) in [6.07, 6.45) is 8.79. The number of aromatic nitrogens is 1. The molecule has 70 valence electrons. The predicted molar refractivity (Wildman–Crippen MR) is 54.5 cm³/mol. The van der Waals surface area contributed by atoms with Gasteiger partial charge >= 0.3 is 0 Å². The van der Waals surface area contributed by atoms with Crippen molar-refractivity contribution in [1.29, 1.82) is 0 Å². The fourth-order valence-electron chi connectivity index (χ4n) is 1.07. The highest BCUT2D eigenvalue weighted by Crippen LogP contribution is 2.24. The minimum Gasteiger partial charge on any atom is -0.388 e. The minimum atomic E-state index is -0.389. The second kappa shape index (κ2) is 5.00. The molecule has 0 bridgehead atoms. The zero-order valence-electron chi connectivity index (χ0n) is 7.66. The van der Waals surface area contributed by atoms with Crippen molar-refractivity contribution in [3.63, 3.8) is 0 Å². The first kappa shape index (κ1) is 10.2. The fourth-order valence-corrected chi connectivity index (χ4v) is 1.88. The third-order valence-corrected chi connectivity index (χ3v) is 2.78. The molecule has 0 aromatic carbocycles. The van der Waals surface area contributed by atoms with E-state index in [1.807, 2.05) is 6.92 Å². The van der Waals surface area contributed by atoms with E-state index in [1.54, 1.807) is 17.5 Å². The van der Waals surface area contributed by atoms with Crippen molar-refractivity contribution in [2.75, 3.05) is 0 Å². The maximum absolute atomic E-state index is 9.66. The number of unbranched alkanes of at least 4 members (excludes halogenated alkanes) is 1. The Kier molecular flexibility index (Phi) is 3.94. The summed E-state index contributed by atoms with van der Waals surface area (Å²) in [6.45, 7) is 1.93. The van der Waals surface area contributed by atoms with Crippen molar-refractivity contribution in [2.45, 2.75) is 32.3 Å². The van der Waals surface area contributed by atoms with E-state index in [2.05, 4.69) is 10.9 Å². The van der Waals surface area contributed by atoms with E-state index < -0.39 is 0 Å². The Bertz CT molecular complexity index is 300. The number of aliphatic hydroxyl groups excluding tert-OH is 1. The number of hydrogen-bond donors (Lipinski definition) is 1. The summed E-state index contributed by atoms with van der Waals surface area (Å²) in [4.78, 5) is 5.02. The van der Waals surface area contributed by atoms with Crippen LogP contribution in [0.25, 0.3) is 0 Å². The average molecular weight is 195 g/mol. The number of hydrogen-bond acceptors (Lipinski definition) is 3. The molecule has 3 heteroatoms. The summed E-state index contributed by atoms with van der Waals surface area (Å²) in [5.74, 6) is 2.56. The number of aryl methyl sites for hydroxylation is 1. The molecule has 1 aromatic heterocycles. The molecular formula is C10H13NOS. The highest BCUT2D eigenvalue weighted by Gasteiger charge is 2.09. The molecule has 0 spiro atoms. The molecule has 0 saturated heterocycles. The van der Waals surface area contributed by atoms with Crippen LogP contribution in [0.3, 0.4) is 0 Å². The zero-order valence-corrected chi connectivity index (χ0v) is 8.47. The van der Waals surface area contributed by atoms with E-state index in [0.717, 1.165) is 29.1 Å². The molecule has 0 aliphatic rings. The molecule has 13 heavy (non-hydrogen) atoms. The van der Waals surface area contributed by atoms with E-state index in [-0.39, 0.29) is 6.10 Å². The summed E-state index contributed by atoms with van der Waals surface area (Å²) in [5.41, 5.74) is 0. The van der Waals surface area contributed by atoms with Gasteiger partial charge in [-0.1, -0.05) is 0 Å². The molecular weight excluding hydrogens is 182 g/mol. The average Bonchev–Trinajstić information content (AvgIpc) is 2.52. The first-order chi connectivity index (χ1) is 6.24. The summed E-state index contributed by atoms with van der Waals surface area (Å²) < 4.78 is 0. The molecule has 1 heterocycles. The van der Waals surface area contributed by atoms with Gasteiger partial charge in [0.1, 0.15) is 0 Å².